The Morgan fingerprint density at radius 3 is 2.68 bits per heavy atom. The molecule has 1 aliphatic rings. The number of carbonyl (C=O) groups is 1. The number of carbonyl (C=O) groups excluding carboxylic acids is 1. The maximum atomic E-state index is 12.5. The number of benzene rings is 2. The van der Waals surface area contributed by atoms with Crippen molar-refractivity contribution in [2.75, 3.05) is 6.54 Å². The van der Waals surface area contributed by atoms with Gasteiger partial charge in [-0.25, -0.2) is 13.1 Å². The zero-order valence-corrected chi connectivity index (χ0v) is 16.1. The van der Waals surface area contributed by atoms with E-state index in [1.165, 1.54) is 12.1 Å². The summed E-state index contributed by atoms with van der Waals surface area (Å²) >= 11 is 0. The van der Waals surface area contributed by atoms with Gasteiger partial charge in [0, 0.05) is 29.7 Å². The van der Waals surface area contributed by atoms with E-state index in [1.807, 2.05) is 30.3 Å². The van der Waals surface area contributed by atoms with Crippen LogP contribution in [0.25, 0.3) is 10.9 Å². The second-order valence-corrected chi connectivity index (χ2v) is 8.64. The summed E-state index contributed by atoms with van der Waals surface area (Å²) in [5, 5.41) is 3.92. The molecule has 1 fully saturated rings. The molecule has 1 heterocycles. The van der Waals surface area contributed by atoms with Crippen molar-refractivity contribution in [2.45, 2.75) is 30.2 Å². The predicted octanol–water partition coefficient (Wildman–Crippen LogP) is 2.65. The molecule has 2 aromatic carbocycles. The number of para-hydroxylation sites is 1. The lowest BCUT2D eigenvalue weighted by Crippen LogP contribution is -2.28. The first-order chi connectivity index (χ1) is 13.5. The lowest BCUT2D eigenvalue weighted by Gasteiger charge is -2.09. The lowest BCUT2D eigenvalue weighted by molar-refractivity contribution is 0.0954. The molecule has 2 N–H and O–H groups in total. The third-order valence-electron chi connectivity index (χ3n) is 4.70. The van der Waals surface area contributed by atoms with E-state index in [2.05, 4.69) is 15.0 Å². The molecule has 1 amide bonds. The number of amides is 1. The molecule has 0 atom stereocenters. The molecular weight excluding hydrogens is 374 g/mol. The van der Waals surface area contributed by atoms with Crippen molar-refractivity contribution in [1.82, 2.24) is 15.0 Å². The Balaban J connectivity index is 1.42. The highest BCUT2D eigenvalue weighted by Crippen LogP contribution is 2.22. The summed E-state index contributed by atoms with van der Waals surface area (Å²) in [6.45, 7) is 0.436. The zero-order chi connectivity index (χ0) is 19.6. The maximum Gasteiger partial charge on any atom is 0.251 e. The van der Waals surface area contributed by atoms with Crippen LogP contribution in [-0.2, 0) is 16.4 Å². The van der Waals surface area contributed by atoms with Crippen molar-refractivity contribution >= 4 is 26.8 Å². The summed E-state index contributed by atoms with van der Waals surface area (Å²) in [6, 6.07) is 16.0. The number of fused-ring (bicyclic) bond motifs is 1. The molecule has 6 nitrogen and oxygen atoms in total. The number of rotatable bonds is 7. The third-order valence-corrected chi connectivity index (χ3v) is 6.22. The van der Waals surface area contributed by atoms with E-state index in [0.29, 0.717) is 18.5 Å². The van der Waals surface area contributed by atoms with E-state index in [1.54, 1.807) is 18.3 Å². The molecule has 1 aliphatic carbocycles. The van der Waals surface area contributed by atoms with Gasteiger partial charge in [-0.3, -0.25) is 9.78 Å². The fraction of sp³-hybridized carbons (Fsp3) is 0.238. The third kappa shape index (κ3) is 4.21. The molecule has 0 aliphatic heterocycles. The van der Waals surface area contributed by atoms with E-state index in [9.17, 15) is 13.2 Å². The van der Waals surface area contributed by atoms with Gasteiger partial charge in [-0.1, -0.05) is 30.3 Å². The summed E-state index contributed by atoms with van der Waals surface area (Å²) in [4.78, 5) is 17.0. The molecule has 0 bridgehead atoms. The Morgan fingerprint density at radius 1 is 1.07 bits per heavy atom. The lowest BCUT2D eigenvalue weighted by atomic mass is 10.1. The summed E-state index contributed by atoms with van der Waals surface area (Å²) < 4.78 is 27.3. The number of hydrogen-bond acceptors (Lipinski definition) is 4. The Hall–Kier alpha value is -2.77. The fourth-order valence-corrected chi connectivity index (χ4v) is 4.43. The van der Waals surface area contributed by atoms with Gasteiger partial charge in [0.2, 0.25) is 10.0 Å². The second-order valence-electron chi connectivity index (χ2n) is 6.92. The van der Waals surface area contributed by atoms with Crippen LogP contribution in [0.3, 0.4) is 0 Å². The molecule has 1 saturated carbocycles. The Morgan fingerprint density at radius 2 is 1.86 bits per heavy atom. The fourth-order valence-electron chi connectivity index (χ4n) is 3.08. The highest BCUT2D eigenvalue weighted by Gasteiger charge is 2.28. The molecular formula is C21H21N3O3S. The van der Waals surface area contributed by atoms with Gasteiger partial charge in [0.25, 0.3) is 5.91 Å². The predicted molar refractivity (Wildman–Crippen MR) is 108 cm³/mol. The van der Waals surface area contributed by atoms with Crippen LogP contribution in [0.2, 0.25) is 0 Å². The van der Waals surface area contributed by atoms with Gasteiger partial charge >= 0.3 is 0 Å². The van der Waals surface area contributed by atoms with Gasteiger partial charge in [-0.05, 0) is 49.1 Å². The number of sulfonamides is 1. The van der Waals surface area contributed by atoms with Gasteiger partial charge < -0.3 is 5.32 Å². The van der Waals surface area contributed by atoms with Crippen LogP contribution in [0, 0.1) is 0 Å². The van der Waals surface area contributed by atoms with Crippen molar-refractivity contribution in [1.29, 1.82) is 0 Å². The summed E-state index contributed by atoms with van der Waals surface area (Å²) in [7, 11) is -3.58. The molecule has 1 aromatic heterocycles. The van der Waals surface area contributed by atoms with Crippen molar-refractivity contribution in [2.24, 2.45) is 0 Å². The van der Waals surface area contributed by atoms with E-state index < -0.39 is 10.0 Å². The van der Waals surface area contributed by atoms with E-state index in [4.69, 9.17) is 0 Å². The molecule has 0 unspecified atom stereocenters. The first-order valence-electron chi connectivity index (χ1n) is 9.26. The Bertz CT molecular complexity index is 1120. The van der Waals surface area contributed by atoms with E-state index in [-0.39, 0.29) is 16.8 Å². The van der Waals surface area contributed by atoms with Crippen molar-refractivity contribution in [3.63, 3.8) is 0 Å². The molecule has 0 spiro atoms. The number of hydrogen-bond donors (Lipinski definition) is 2. The minimum atomic E-state index is -3.58. The van der Waals surface area contributed by atoms with E-state index in [0.717, 1.165) is 29.3 Å². The van der Waals surface area contributed by atoms with Gasteiger partial charge in [0.15, 0.2) is 0 Å². The van der Waals surface area contributed by atoms with Crippen LogP contribution in [0.1, 0.15) is 28.8 Å². The quantitative estimate of drug-likeness (QED) is 0.644. The average molecular weight is 395 g/mol. The van der Waals surface area contributed by atoms with Crippen LogP contribution in [0.4, 0.5) is 0 Å². The van der Waals surface area contributed by atoms with Crippen LogP contribution in [0.15, 0.2) is 65.7 Å². The minimum Gasteiger partial charge on any atom is -0.352 e. The topological polar surface area (TPSA) is 88.2 Å². The number of aromatic nitrogens is 1. The first-order valence-corrected chi connectivity index (χ1v) is 10.7. The smallest absolute Gasteiger partial charge is 0.251 e. The molecule has 0 radical (unpaired) electrons. The Labute approximate surface area is 164 Å². The van der Waals surface area contributed by atoms with Crippen molar-refractivity contribution < 1.29 is 13.2 Å². The van der Waals surface area contributed by atoms with Crippen LogP contribution in [0.5, 0.6) is 0 Å². The van der Waals surface area contributed by atoms with Crippen molar-refractivity contribution in [3.05, 3.63) is 71.9 Å². The molecule has 28 heavy (non-hydrogen) atoms. The molecule has 4 rings (SSSR count). The van der Waals surface area contributed by atoms with Crippen LogP contribution in [-0.4, -0.2) is 31.9 Å². The number of nitrogens with one attached hydrogen (secondary N) is 2. The van der Waals surface area contributed by atoms with Crippen LogP contribution < -0.4 is 10.0 Å². The Kier molecular flexibility index (Phi) is 5.11. The largest absolute Gasteiger partial charge is 0.352 e. The summed E-state index contributed by atoms with van der Waals surface area (Å²) in [5.74, 6) is -0.295. The summed E-state index contributed by atoms with van der Waals surface area (Å²) in [5.41, 5.74) is 2.32. The maximum absolute atomic E-state index is 12.5. The van der Waals surface area contributed by atoms with Gasteiger partial charge in [-0.15, -0.1) is 0 Å². The minimum absolute atomic E-state index is 0.0248. The standard InChI is InChI=1S/C21H21N3O3S/c25-21(17-6-2-8-19(14-17)28(26,27)24-18-9-10-18)23-13-11-16-5-1-4-15-7-3-12-22-20(15)16/h1-8,12,14,18,24H,9-11,13H2,(H,23,25). The van der Waals surface area contributed by atoms with Crippen LogP contribution >= 0.6 is 0 Å². The van der Waals surface area contributed by atoms with E-state index >= 15 is 0 Å². The van der Waals surface area contributed by atoms with Gasteiger partial charge in [-0.2, -0.15) is 0 Å². The highest BCUT2D eigenvalue weighted by atomic mass is 32.2. The normalized spacial score (nSPS) is 14.1. The highest BCUT2D eigenvalue weighted by molar-refractivity contribution is 7.89. The summed E-state index contributed by atoms with van der Waals surface area (Å²) in [6.07, 6.45) is 4.12. The second kappa shape index (κ2) is 7.69. The molecule has 3 aromatic rings. The SMILES string of the molecule is O=C(NCCc1cccc2cccnc12)c1cccc(S(=O)(=O)NC2CC2)c1. The molecule has 7 heteroatoms. The molecule has 0 saturated heterocycles. The monoisotopic (exact) mass is 395 g/mol. The first kappa shape index (κ1) is 18.6. The zero-order valence-electron chi connectivity index (χ0n) is 15.3. The number of nitrogens with zero attached hydrogens (tertiary/aromatic N) is 1. The van der Waals surface area contributed by atoms with Gasteiger partial charge in [0.1, 0.15) is 0 Å². The average Bonchev–Trinajstić information content (AvgIpc) is 3.51. The van der Waals surface area contributed by atoms with Gasteiger partial charge in [0.05, 0.1) is 10.4 Å². The molecule has 144 valence electrons. The van der Waals surface area contributed by atoms with Crippen molar-refractivity contribution in [3.8, 4) is 0 Å². The number of pyridine rings is 1.